The van der Waals surface area contributed by atoms with Crippen LogP contribution in [-0.4, -0.2) is 30.0 Å². The summed E-state index contributed by atoms with van der Waals surface area (Å²) in [6.45, 7) is 7.56. The van der Waals surface area contributed by atoms with Gasteiger partial charge in [-0.3, -0.25) is 4.68 Å². The molecule has 0 aliphatic carbocycles. The molecule has 0 amide bonds. The largest absolute Gasteiger partial charge is 0.383 e. The third-order valence-corrected chi connectivity index (χ3v) is 3.77. The lowest BCUT2D eigenvalue weighted by molar-refractivity contribution is 0.199. The van der Waals surface area contributed by atoms with Crippen LogP contribution in [-0.2, 0) is 24.2 Å². The predicted octanol–water partition coefficient (Wildman–Crippen LogP) is 2.54. The average Bonchev–Trinajstić information content (AvgIpc) is 2.85. The smallest absolute Gasteiger partial charge is 0.0662 e. The maximum atomic E-state index is 5.03. The second-order valence-electron chi connectivity index (χ2n) is 5.25. The van der Waals surface area contributed by atoms with Gasteiger partial charge < -0.3 is 10.1 Å². The molecule has 0 saturated carbocycles. The molecule has 2 aromatic rings. The van der Waals surface area contributed by atoms with Gasteiger partial charge in [-0.05, 0) is 24.5 Å². The maximum Gasteiger partial charge on any atom is 0.0662 e. The normalized spacial score (nSPS) is 11.0. The van der Waals surface area contributed by atoms with Gasteiger partial charge in [-0.2, -0.15) is 5.10 Å². The molecular formula is C17H25N3O. The van der Waals surface area contributed by atoms with Gasteiger partial charge >= 0.3 is 0 Å². The van der Waals surface area contributed by atoms with Crippen LogP contribution in [0.1, 0.15) is 29.3 Å². The van der Waals surface area contributed by atoms with Gasteiger partial charge in [0.1, 0.15) is 0 Å². The summed E-state index contributed by atoms with van der Waals surface area (Å²) in [4.78, 5) is 0. The molecule has 0 aliphatic rings. The minimum Gasteiger partial charge on any atom is -0.383 e. The van der Waals surface area contributed by atoms with Crippen LogP contribution in [0.3, 0.4) is 0 Å². The van der Waals surface area contributed by atoms with Crippen molar-refractivity contribution in [2.45, 2.75) is 33.4 Å². The number of nitrogens with zero attached hydrogens (tertiary/aromatic N) is 2. The molecule has 4 heteroatoms. The van der Waals surface area contributed by atoms with Crippen LogP contribution in [0, 0.1) is 6.92 Å². The molecule has 0 radical (unpaired) electrons. The maximum absolute atomic E-state index is 5.03. The number of aromatic nitrogens is 2. The molecule has 0 aliphatic heterocycles. The third kappa shape index (κ3) is 4.41. The summed E-state index contributed by atoms with van der Waals surface area (Å²) in [5, 5.41) is 7.86. The Bertz CT molecular complexity index is 546. The Morgan fingerprint density at radius 2 is 1.90 bits per heavy atom. The Morgan fingerprint density at radius 1 is 1.19 bits per heavy atom. The number of benzene rings is 1. The van der Waals surface area contributed by atoms with Crippen molar-refractivity contribution >= 4 is 0 Å². The van der Waals surface area contributed by atoms with E-state index in [1.54, 1.807) is 7.11 Å². The van der Waals surface area contributed by atoms with Gasteiger partial charge in [-0.25, -0.2) is 0 Å². The highest BCUT2D eigenvalue weighted by Crippen LogP contribution is 2.11. The minimum absolute atomic E-state index is 0.733. The minimum atomic E-state index is 0.733. The van der Waals surface area contributed by atoms with E-state index in [1.165, 1.54) is 22.4 Å². The molecule has 1 aromatic carbocycles. The zero-order valence-corrected chi connectivity index (χ0v) is 13.2. The molecule has 0 bridgehead atoms. The summed E-state index contributed by atoms with van der Waals surface area (Å²) in [6, 6.07) is 8.77. The first kappa shape index (κ1) is 15.7. The molecule has 1 N–H and O–H groups in total. The van der Waals surface area contributed by atoms with Crippen LogP contribution in [0.15, 0.2) is 30.5 Å². The fraction of sp³-hybridized carbons (Fsp3) is 0.471. The van der Waals surface area contributed by atoms with Crippen LogP contribution in [0.5, 0.6) is 0 Å². The van der Waals surface area contributed by atoms with E-state index in [0.29, 0.717) is 0 Å². The van der Waals surface area contributed by atoms with Crippen molar-refractivity contribution in [1.82, 2.24) is 15.1 Å². The number of hydrogen-bond acceptors (Lipinski definition) is 3. The monoisotopic (exact) mass is 287 g/mol. The average molecular weight is 287 g/mol. The summed E-state index contributed by atoms with van der Waals surface area (Å²) >= 11 is 0. The molecule has 114 valence electrons. The lowest BCUT2D eigenvalue weighted by Gasteiger charge is -2.07. The fourth-order valence-electron chi connectivity index (χ4n) is 2.27. The van der Waals surface area contributed by atoms with Gasteiger partial charge in [0.05, 0.1) is 19.3 Å². The van der Waals surface area contributed by atoms with Crippen LogP contribution >= 0.6 is 0 Å². The first-order valence-corrected chi connectivity index (χ1v) is 7.53. The summed E-state index contributed by atoms with van der Waals surface area (Å²) in [7, 11) is 1.72. The highest BCUT2D eigenvalue weighted by atomic mass is 16.5. The number of nitrogens with one attached hydrogen (secondary N) is 1. The molecule has 0 atom stereocenters. The van der Waals surface area contributed by atoms with Crippen molar-refractivity contribution in [3.8, 4) is 0 Å². The molecule has 0 unspecified atom stereocenters. The number of methoxy groups -OCH3 is 1. The van der Waals surface area contributed by atoms with E-state index in [4.69, 9.17) is 4.74 Å². The van der Waals surface area contributed by atoms with Gasteiger partial charge in [-0.15, -0.1) is 0 Å². The third-order valence-electron chi connectivity index (χ3n) is 3.77. The highest BCUT2D eigenvalue weighted by Gasteiger charge is 2.06. The SMILES string of the molecule is CCc1ccc(Cn2ncc(CNCCOC)c2C)cc1. The van der Waals surface area contributed by atoms with Crippen molar-refractivity contribution in [2.75, 3.05) is 20.3 Å². The van der Waals surface area contributed by atoms with Gasteiger partial charge in [0, 0.05) is 31.5 Å². The van der Waals surface area contributed by atoms with Crippen LogP contribution in [0.2, 0.25) is 0 Å². The number of hydrogen-bond donors (Lipinski definition) is 1. The Balaban J connectivity index is 1.95. The molecule has 2 rings (SSSR count). The zero-order chi connectivity index (χ0) is 15.1. The second-order valence-corrected chi connectivity index (χ2v) is 5.25. The molecule has 21 heavy (non-hydrogen) atoms. The van der Waals surface area contributed by atoms with E-state index in [2.05, 4.69) is 53.2 Å². The van der Waals surface area contributed by atoms with Crippen LogP contribution in [0.25, 0.3) is 0 Å². The standard InChI is InChI=1S/C17H25N3O/c1-4-15-5-7-16(8-6-15)13-20-14(2)17(12-19-20)11-18-9-10-21-3/h5-8,12,18H,4,9-11,13H2,1-3H3. The van der Waals surface area contributed by atoms with Crippen molar-refractivity contribution in [1.29, 1.82) is 0 Å². The number of ether oxygens (including phenoxy) is 1. The molecule has 1 heterocycles. The molecule has 0 fully saturated rings. The van der Waals surface area contributed by atoms with Gasteiger partial charge in [0.15, 0.2) is 0 Å². The molecular weight excluding hydrogens is 262 g/mol. The van der Waals surface area contributed by atoms with Crippen molar-refractivity contribution in [3.05, 3.63) is 52.8 Å². The van der Waals surface area contributed by atoms with Crippen LogP contribution < -0.4 is 5.32 Å². The molecule has 0 spiro atoms. The lowest BCUT2D eigenvalue weighted by atomic mass is 10.1. The van der Waals surface area contributed by atoms with Crippen molar-refractivity contribution in [3.63, 3.8) is 0 Å². The Morgan fingerprint density at radius 3 is 2.57 bits per heavy atom. The predicted molar refractivity (Wildman–Crippen MR) is 85.5 cm³/mol. The lowest BCUT2D eigenvalue weighted by Crippen LogP contribution is -2.18. The van der Waals surface area contributed by atoms with Gasteiger partial charge in [-0.1, -0.05) is 31.2 Å². The Labute approximate surface area is 127 Å². The van der Waals surface area contributed by atoms with Crippen molar-refractivity contribution in [2.24, 2.45) is 0 Å². The Kier molecular flexibility index (Phi) is 5.96. The number of aryl methyl sites for hydroxylation is 1. The first-order chi connectivity index (χ1) is 10.2. The van der Waals surface area contributed by atoms with Crippen molar-refractivity contribution < 1.29 is 4.74 Å². The summed E-state index contributed by atoms with van der Waals surface area (Å²) in [6.07, 6.45) is 3.04. The second kappa shape index (κ2) is 7.96. The van der Waals surface area contributed by atoms with E-state index in [0.717, 1.165) is 32.7 Å². The van der Waals surface area contributed by atoms with Crippen LogP contribution in [0.4, 0.5) is 0 Å². The Hall–Kier alpha value is -1.65. The molecule has 4 nitrogen and oxygen atoms in total. The fourth-order valence-corrected chi connectivity index (χ4v) is 2.27. The topological polar surface area (TPSA) is 39.1 Å². The highest BCUT2D eigenvalue weighted by molar-refractivity contribution is 5.24. The van der Waals surface area contributed by atoms with E-state index in [-0.39, 0.29) is 0 Å². The zero-order valence-electron chi connectivity index (χ0n) is 13.2. The summed E-state index contributed by atoms with van der Waals surface area (Å²) in [5.74, 6) is 0. The van der Waals surface area contributed by atoms with Gasteiger partial charge in [0.25, 0.3) is 0 Å². The first-order valence-electron chi connectivity index (χ1n) is 7.53. The quantitative estimate of drug-likeness (QED) is 0.758. The van der Waals surface area contributed by atoms with E-state index in [1.807, 2.05) is 6.20 Å². The van der Waals surface area contributed by atoms with Gasteiger partial charge in [0.2, 0.25) is 0 Å². The molecule has 0 saturated heterocycles. The molecule has 1 aromatic heterocycles. The summed E-state index contributed by atoms with van der Waals surface area (Å²) in [5.41, 5.74) is 5.13. The summed E-state index contributed by atoms with van der Waals surface area (Å²) < 4.78 is 7.09. The van der Waals surface area contributed by atoms with E-state index < -0.39 is 0 Å². The van der Waals surface area contributed by atoms with E-state index >= 15 is 0 Å². The number of rotatable bonds is 8. The van der Waals surface area contributed by atoms with E-state index in [9.17, 15) is 0 Å².